The minimum absolute atomic E-state index is 0.0722. The van der Waals surface area contributed by atoms with E-state index in [4.69, 9.17) is 16.3 Å². The predicted octanol–water partition coefficient (Wildman–Crippen LogP) is 3.09. The molecule has 1 aromatic carbocycles. The van der Waals surface area contributed by atoms with E-state index in [0.29, 0.717) is 41.1 Å². The van der Waals surface area contributed by atoms with Gasteiger partial charge in [-0.3, -0.25) is 14.6 Å². The summed E-state index contributed by atoms with van der Waals surface area (Å²) in [5.41, 5.74) is 2.29. The van der Waals surface area contributed by atoms with Crippen molar-refractivity contribution in [1.82, 2.24) is 10.2 Å². The number of cyclic esters (lactones) is 1. The fourth-order valence-corrected chi connectivity index (χ4v) is 4.97. The second kappa shape index (κ2) is 9.98. The van der Waals surface area contributed by atoms with Crippen molar-refractivity contribution in [1.29, 1.82) is 0 Å². The Labute approximate surface area is 200 Å². The Kier molecular flexibility index (Phi) is 7.06. The Hall–Kier alpha value is -2.82. The number of anilines is 2. The normalized spacial score (nSPS) is 18.6. The van der Waals surface area contributed by atoms with Crippen LogP contribution in [-0.4, -0.2) is 73.5 Å². The monoisotopic (exact) mass is 492 g/mol. The van der Waals surface area contributed by atoms with E-state index in [-0.39, 0.29) is 25.1 Å². The molecule has 3 heterocycles. The van der Waals surface area contributed by atoms with E-state index in [9.17, 15) is 19.5 Å². The van der Waals surface area contributed by atoms with Crippen LogP contribution in [0.25, 0.3) is 0 Å². The van der Waals surface area contributed by atoms with Crippen molar-refractivity contribution >= 4 is 52.3 Å². The number of urea groups is 1. The number of rotatable bonds is 7. The third kappa shape index (κ3) is 5.07. The minimum Gasteiger partial charge on any atom is -0.442 e. The number of nitrogens with one attached hydrogen (secondary N) is 1. The Morgan fingerprint density at radius 3 is 2.76 bits per heavy atom. The van der Waals surface area contributed by atoms with Gasteiger partial charge in [-0.15, -0.1) is 11.3 Å². The van der Waals surface area contributed by atoms with Crippen LogP contribution in [0.4, 0.5) is 21.0 Å². The lowest BCUT2D eigenvalue weighted by Gasteiger charge is -2.36. The standard InChI is InChI=1S/C22H25ClN4O5S/c1-14-11-15(3-4-17(14)26-8-2-7-25(9-10-28)21(26)30)27-13-16(32-22(27)31)12-24-20(29)18-5-6-19(23)33-18/h3-6,11,16,28H,2,7-10,12-13H2,1H3,(H,24,29)/t16-/m0/s1. The molecular weight excluding hydrogens is 468 g/mol. The van der Waals surface area contributed by atoms with E-state index < -0.39 is 12.2 Å². The number of nitrogens with zero attached hydrogens (tertiary/aromatic N) is 3. The molecule has 11 heteroatoms. The number of aliphatic hydroxyl groups is 1. The van der Waals surface area contributed by atoms with Crippen LogP contribution in [0.1, 0.15) is 21.7 Å². The van der Waals surface area contributed by atoms with Crippen molar-refractivity contribution in [3.05, 3.63) is 45.1 Å². The Morgan fingerprint density at radius 2 is 2.06 bits per heavy atom. The Bertz CT molecular complexity index is 1060. The number of carbonyl (C=O) groups is 3. The second-order valence-electron chi connectivity index (χ2n) is 7.90. The minimum atomic E-state index is -0.483. The van der Waals surface area contributed by atoms with Gasteiger partial charge in [0.1, 0.15) is 6.10 Å². The summed E-state index contributed by atoms with van der Waals surface area (Å²) in [7, 11) is 0. The fraction of sp³-hybridized carbons (Fsp3) is 0.409. The van der Waals surface area contributed by atoms with Crippen molar-refractivity contribution in [3.63, 3.8) is 0 Å². The third-order valence-corrected chi connectivity index (χ3v) is 6.86. The molecule has 0 saturated carbocycles. The van der Waals surface area contributed by atoms with Crippen LogP contribution < -0.4 is 15.1 Å². The van der Waals surface area contributed by atoms with E-state index in [1.807, 2.05) is 19.1 Å². The molecule has 2 aromatic rings. The van der Waals surface area contributed by atoms with Gasteiger partial charge in [0.25, 0.3) is 5.91 Å². The van der Waals surface area contributed by atoms with E-state index in [1.54, 1.807) is 28.0 Å². The predicted molar refractivity (Wildman–Crippen MR) is 126 cm³/mol. The molecular formula is C22H25ClN4O5S. The lowest BCUT2D eigenvalue weighted by Crippen LogP contribution is -2.50. The van der Waals surface area contributed by atoms with Crippen molar-refractivity contribution in [3.8, 4) is 0 Å². The molecule has 176 valence electrons. The molecule has 2 fully saturated rings. The first-order valence-electron chi connectivity index (χ1n) is 10.7. The van der Waals surface area contributed by atoms with Crippen LogP contribution in [-0.2, 0) is 4.74 Å². The van der Waals surface area contributed by atoms with Gasteiger partial charge in [-0.2, -0.15) is 0 Å². The molecule has 9 nitrogen and oxygen atoms in total. The first-order valence-corrected chi connectivity index (χ1v) is 11.9. The first kappa shape index (κ1) is 23.3. The number of hydrogen-bond donors (Lipinski definition) is 2. The van der Waals surface area contributed by atoms with E-state index >= 15 is 0 Å². The summed E-state index contributed by atoms with van der Waals surface area (Å²) in [4.78, 5) is 42.8. The zero-order valence-electron chi connectivity index (χ0n) is 18.1. The lowest BCUT2D eigenvalue weighted by molar-refractivity contribution is 0.0920. The third-order valence-electron chi connectivity index (χ3n) is 5.63. The van der Waals surface area contributed by atoms with Crippen LogP contribution in [0.3, 0.4) is 0 Å². The highest BCUT2D eigenvalue weighted by atomic mass is 35.5. The summed E-state index contributed by atoms with van der Waals surface area (Å²) in [6, 6.07) is 8.64. The van der Waals surface area contributed by atoms with Crippen LogP contribution >= 0.6 is 22.9 Å². The lowest BCUT2D eigenvalue weighted by atomic mass is 10.1. The average molecular weight is 493 g/mol. The highest BCUT2D eigenvalue weighted by Gasteiger charge is 2.33. The molecule has 2 N–H and O–H groups in total. The molecule has 4 amide bonds. The van der Waals surface area contributed by atoms with Gasteiger partial charge in [0, 0.05) is 31.0 Å². The smallest absolute Gasteiger partial charge is 0.414 e. The summed E-state index contributed by atoms with van der Waals surface area (Å²) in [6.07, 6.45) is -0.146. The number of hydrogen-bond acceptors (Lipinski definition) is 6. The van der Waals surface area contributed by atoms with E-state index in [1.165, 1.54) is 16.2 Å². The summed E-state index contributed by atoms with van der Waals surface area (Å²) in [6.45, 7) is 3.85. The number of benzene rings is 1. The highest BCUT2D eigenvalue weighted by molar-refractivity contribution is 7.18. The topological polar surface area (TPSA) is 102 Å². The second-order valence-corrected chi connectivity index (χ2v) is 9.61. The fourth-order valence-electron chi connectivity index (χ4n) is 4.01. The van der Waals surface area contributed by atoms with E-state index in [0.717, 1.165) is 17.7 Å². The number of halogens is 1. The molecule has 2 aliphatic heterocycles. The maximum Gasteiger partial charge on any atom is 0.414 e. The van der Waals surface area contributed by atoms with Gasteiger partial charge in [-0.25, -0.2) is 9.59 Å². The van der Waals surface area contributed by atoms with Crippen LogP contribution in [0.15, 0.2) is 30.3 Å². The SMILES string of the molecule is Cc1cc(N2C[C@H](CNC(=O)c3ccc(Cl)s3)OC2=O)ccc1N1CCCN(CCO)C1=O. The summed E-state index contributed by atoms with van der Waals surface area (Å²) < 4.78 is 5.95. The average Bonchev–Trinajstić information content (AvgIpc) is 3.39. The Balaban J connectivity index is 1.40. The van der Waals surface area contributed by atoms with Crippen LogP contribution in [0.2, 0.25) is 4.34 Å². The molecule has 0 radical (unpaired) electrons. The highest BCUT2D eigenvalue weighted by Crippen LogP contribution is 2.30. The van der Waals surface area contributed by atoms with Crippen molar-refractivity contribution in [2.24, 2.45) is 0 Å². The van der Waals surface area contributed by atoms with Crippen molar-refractivity contribution < 1.29 is 24.2 Å². The van der Waals surface area contributed by atoms with Gasteiger partial charge in [-0.1, -0.05) is 11.6 Å². The number of aryl methyl sites for hydroxylation is 1. The molecule has 1 atom stereocenters. The molecule has 0 unspecified atom stereocenters. The Morgan fingerprint density at radius 1 is 1.24 bits per heavy atom. The van der Waals surface area contributed by atoms with E-state index in [2.05, 4.69) is 5.32 Å². The number of aliphatic hydroxyl groups excluding tert-OH is 1. The number of β-amino-alcohol motifs (C(OH)–C–C–N with tert-alkyl or cyclic N) is 1. The van der Waals surface area contributed by atoms with Crippen LogP contribution in [0.5, 0.6) is 0 Å². The number of amides is 4. The maximum absolute atomic E-state index is 12.8. The number of carbonyl (C=O) groups excluding carboxylic acids is 3. The van der Waals surface area contributed by atoms with Gasteiger partial charge < -0.3 is 20.1 Å². The maximum atomic E-state index is 12.8. The first-order chi connectivity index (χ1) is 15.9. The number of ether oxygens (including phenoxy) is 1. The molecule has 0 aliphatic carbocycles. The van der Waals surface area contributed by atoms with Crippen molar-refractivity contribution in [2.75, 3.05) is 49.1 Å². The quantitative estimate of drug-likeness (QED) is 0.618. The zero-order valence-corrected chi connectivity index (χ0v) is 19.7. The van der Waals surface area contributed by atoms with Crippen LogP contribution in [0, 0.1) is 6.92 Å². The number of thiophene rings is 1. The van der Waals surface area contributed by atoms with Gasteiger partial charge in [0.05, 0.1) is 28.9 Å². The van der Waals surface area contributed by atoms with Gasteiger partial charge in [-0.05, 0) is 49.2 Å². The van der Waals surface area contributed by atoms with Gasteiger partial charge in [0.15, 0.2) is 0 Å². The summed E-state index contributed by atoms with van der Waals surface area (Å²) in [5, 5.41) is 12.0. The molecule has 33 heavy (non-hydrogen) atoms. The zero-order chi connectivity index (χ0) is 23.5. The molecule has 2 saturated heterocycles. The summed E-state index contributed by atoms with van der Waals surface area (Å²) in [5.74, 6) is -0.261. The summed E-state index contributed by atoms with van der Waals surface area (Å²) >= 11 is 7.05. The largest absolute Gasteiger partial charge is 0.442 e. The molecule has 2 aliphatic rings. The molecule has 0 spiro atoms. The molecule has 4 rings (SSSR count). The van der Waals surface area contributed by atoms with Gasteiger partial charge >= 0.3 is 12.1 Å². The van der Waals surface area contributed by atoms with Gasteiger partial charge in [0.2, 0.25) is 0 Å². The van der Waals surface area contributed by atoms with Crippen molar-refractivity contribution in [2.45, 2.75) is 19.4 Å². The molecule has 1 aromatic heterocycles. The molecule has 0 bridgehead atoms.